The molecule has 0 amide bonds. The normalized spacial score (nSPS) is 31.2. The van der Waals surface area contributed by atoms with E-state index >= 15 is 0 Å². The SMILES string of the molecule is O=C1C[C@@H]2c3ccccc3[C@@H](C1)C2[N+](=O)[O-]. The molecule has 1 aromatic carbocycles. The average molecular weight is 217 g/mol. The van der Waals surface area contributed by atoms with Crippen molar-refractivity contribution in [3.8, 4) is 0 Å². The standard InChI is InChI=1S/C12H11NO3/c14-7-5-10-8-3-1-2-4-9(8)11(6-7)12(10)13(15)16/h1-4,10-12H,5-6H2/t10-,11-/m1/s1. The van der Waals surface area contributed by atoms with E-state index in [0.717, 1.165) is 11.1 Å². The van der Waals surface area contributed by atoms with E-state index in [1.165, 1.54) is 0 Å². The van der Waals surface area contributed by atoms with E-state index in [0.29, 0.717) is 12.8 Å². The number of nitrogens with zero attached hydrogens (tertiary/aromatic N) is 1. The molecule has 16 heavy (non-hydrogen) atoms. The zero-order valence-electron chi connectivity index (χ0n) is 8.63. The summed E-state index contributed by atoms with van der Waals surface area (Å²) < 4.78 is 0. The van der Waals surface area contributed by atoms with Crippen molar-refractivity contribution in [3.63, 3.8) is 0 Å². The summed E-state index contributed by atoms with van der Waals surface area (Å²) in [6, 6.07) is 7.04. The molecule has 0 unspecified atom stereocenters. The highest BCUT2D eigenvalue weighted by Crippen LogP contribution is 2.50. The van der Waals surface area contributed by atoms with E-state index in [1.807, 2.05) is 24.3 Å². The van der Waals surface area contributed by atoms with Crippen LogP contribution in [-0.4, -0.2) is 16.7 Å². The average Bonchev–Trinajstić information content (AvgIpc) is 2.47. The van der Waals surface area contributed by atoms with Crippen molar-refractivity contribution < 1.29 is 9.72 Å². The Morgan fingerprint density at radius 3 is 2.06 bits per heavy atom. The van der Waals surface area contributed by atoms with Crippen molar-refractivity contribution in [2.75, 3.05) is 0 Å². The van der Waals surface area contributed by atoms with Gasteiger partial charge in [0, 0.05) is 17.8 Å². The molecule has 1 aromatic rings. The lowest BCUT2D eigenvalue weighted by Crippen LogP contribution is -2.34. The van der Waals surface area contributed by atoms with Crippen molar-refractivity contribution in [3.05, 3.63) is 45.5 Å². The summed E-state index contributed by atoms with van der Waals surface area (Å²) in [5, 5.41) is 11.1. The number of rotatable bonds is 1. The number of carbonyl (C=O) groups is 1. The summed E-state index contributed by atoms with van der Waals surface area (Å²) in [6.07, 6.45) is 0.665. The van der Waals surface area contributed by atoms with E-state index in [9.17, 15) is 14.9 Å². The van der Waals surface area contributed by atoms with Gasteiger partial charge in [0.05, 0.1) is 11.8 Å². The molecular weight excluding hydrogens is 206 g/mol. The summed E-state index contributed by atoms with van der Waals surface area (Å²) in [4.78, 5) is 22.4. The molecule has 1 saturated carbocycles. The van der Waals surface area contributed by atoms with Crippen LogP contribution in [-0.2, 0) is 4.79 Å². The molecule has 0 spiro atoms. The second-order valence-corrected chi connectivity index (χ2v) is 4.56. The van der Waals surface area contributed by atoms with Gasteiger partial charge in [-0.1, -0.05) is 24.3 Å². The minimum absolute atomic E-state index is 0.157. The smallest absolute Gasteiger partial charge is 0.227 e. The monoisotopic (exact) mass is 217 g/mol. The van der Waals surface area contributed by atoms with Gasteiger partial charge in [0.2, 0.25) is 6.04 Å². The first kappa shape index (κ1) is 9.51. The van der Waals surface area contributed by atoms with Crippen LogP contribution >= 0.6 is 0 Å². The van der Waals surface area contributed by atoms with Crippen LogP contribution in [0.2, 0.25) is 0 Å². The predicted molar refractivity (Wildman–Crippen MR) is 56.9 cm³/mol. The van der Waals surface area contributed by atoms with Gasteiger partial charge in [-0.25, -0.2) is 0 Å². The molecule has 2 bridgehead atoms. The van der Waals surface area contributed by atoms with Crippen molar-refractivity contribution in [1.29, 1.82) is 0 Å². The molecular formula is C12H11NO3. The number of hydrogen-bond donors (Lipinski definition) is 0. The highest BCUT2D eigenvalue weighted by molar-refractivity contribution is 5.83. The highest BCUT2D eigenvalue weighted by Gasteiger charge is 2.52. The van der Waals surface area contributed by atoms with Crippen LogP contribution < -0.4 is 0 Å². The van der Waals surface area contributed by atoms with E-state index in [2.05, 4.69) is 0 Å². The Labute approximate surface area is 92.4 Å². The number of benzene rings is 1. The lowest BCUT2D eigenvalue weighted by Gasteiger charge is -2.22. The van der Waals surface area contributed by atoms with Crippen molar-refractivity contribution in [2.45, 2.75) is 30.7 Å². The van der Waals surface area contributed by atoms with E-state index in [4.69, 9.17) is 0 Å². The molecule has 0 saturated heterocycles. The van der Waals surface area contributed by atoms with Crippen molar-refractivity contribution >= 4 is 5.78 Å². The molecule has 3 rings (SSSR count). The Morgan fingerprint density at radius 1 is 1.12 bits per heavy atom. The molecule has 1 fully saturated rings. The fourth-order valence-corrected chi connectivity index (χ4v) is 3.16. The Hall–Kier alpha value is -1.71. The first-order chi connectivity index (χ1) is 7.68. The van der Waals surface area contributed by atoms with E-state index < -0.39 is 6.04 Å². The minimum atomic E-state index is -0.588. The fraction of sp³-hybridized carbons (Fsp3) is 0.417. The molecule has 2 aliphatic rings. The van der Waals surface area contributed by atoms with Gasteiger partial charge in [-0.05, 0) is 11.1 Å². The van der Waals surface area contributed by atoms with Crippen LogP contribution in [0.1, 0.15) is 35.8 Å². The van der Waals surface area contributed by atoms with Crippen LogP contribution in [0.4, 0.5) is 0 Å². The molecule has 82 valence electrons. The maximum Gasteiger partial charge on any atom is 0.227 e. The first-order valence-corrected chi connectivity index (χ1v) is 5.42. The van der Waals surface area contributed by atoms with Crippen LogP contribution in [0.15, 0.2) is 24.3 Å². The van der Waals surface area contributed by atoms with Crippen molar-refractivity contribution in [1.82, 2.24) is 0 Å². The molecule has 2 atom stereocenters. The lowest BCUT2D eigenvalue weighted by atomic mass is 9.81. The summed E-state index contributed by atoms with van der Waals surface area (Å²) in [5.74, 6) is -0.237. The van der Waals surface area contributed by atoms with Gasteiger partial charge in [-0.15, -0.1) is 0 Å². The minimum Gasteiger partial charge on any atom is -0.300 e. The van der Waals surface area contributed by atoms with Gasteiger partial charge < -0.3 is 0 Å². The van der Waals surface area contributed by atoms with E-state index in [1.54, 1.807) is 0 Å². The summed E-state index contributed by atoms with van der Waals surface area (Å²) >= 11 is 0. The zero-order chi connectivity index (χ0) is 11.3. The van der Waals surface area contributed by atoms with Gasteiger partial charge >= 0.3 is 0 Å². The Kier molecular flexibility index (Phi) is 1.87. The molecule has 4 heteroatoms. The second kappa shape index (κ2) is 3.14. The molecule has 2 aliphatic carbocycles. The third kappa shape index (κ3) is 1.13. The lowest BCUT2D eigenvalue weighted by molar-refractivity contribution is -0.530. The van der Waals surface area contributed by atoms with Gasteiger partial charge in [-0.3, -0.25) is 14.9 Å². The topological polar surface area (TPSA) is 60.2 Å². The quantitative estimate of drug-likeness (QED) is 0.533. The summed E-state index contributed by atoms with van der Waals surface area (Å²) in [6.45, 7) is 0. The van der Waals surface area contributed by atoms with Gasteiger partial charge in [0.15, 0.2) is 0 Å². The number of nitro groups is 1. The summed E-state index contributed by atoms with van der Waals surface area (Å²) in [7, 11) is 0. The van der Waals surface area contributed by atoms with Crippen LogP contribution in [0, 0.1) is 10.1 Å². The third-order valence-corrected chi connectivity index (χ3v) is 3.76. The Bertz CT molecular complexity index is 448. The van der Waals surface area contributed by atoms with Crippen LogP contribution in [0.25, 0.3) is 0 Å². The molecule has 4 nitrogen and oxygen atoms in total. The van der Waals surface area contributed by atoms with Gasteiger partial charge in [0.25, 0.3) is 0 Å². The molecule has 0 heterocycles. The largest absolute Gasteiger partial charge is 0.300 e. The third-order valence-electron chi connectivity index (χ3n) is 3.76. The molecule has 0 N–H and O–H groups in total. The van der Waals surface area contributed by atoms with Gasteiger partial charge in [0.1, 0.15) is 5.78 Å². The van der Waals surface area contributed by atoms with E-state index in [-0.39, 0.29) is 22.5 Å². The number of ketones is 1. The molecule has 0 aliphatic heterocycles. The predicted octanol–water partition coefficient (Wildman–Crippen LogP) is 1.88. The molecule has 0 radical (unpaired) electrons. The molecule has 0 aromatic heterocycles. The zero-order valence-corrected chi connectivity index (χ0v) is 8.63. The second-order valence-electron chi connectivity index (χ2n) is 4.56. The Balaban J connectivity index is 2.14. The van der Waals surface area contributed by atoms with Crippen LogP contribution in [0.5, 0.6) is 0 Å². The number of hydrogen-bond acceptors (Lipinski definition) is 3. The highest BCUT2D eigenvalue weighted by atomic mass is 16.6. The number of Topliss-reactive ketones (excluding diaryl/α,β-unsaturated/α-hetero) is 1. The fourth-order valence-electron chi connectivity index (χ4n) is 3.16. The summed E-state index contributed by atoms with van der Waals surface area (Å²) in [5.41, 5.74) is 2.03. The van der Waals surface area contributed by atoms with Gasteiger partial charge in [-0.2, -0.15) is 0 Å². The van der Waals surface area contributed by atoms with Crippen LogP contribution in [0.3, 0.4) is 0 Å². The maximum atomic E-state index is 11.5. The maximum absolute atomic E-state index is 11.5. The number of carbonyl (C=O) groups excluding carboxylic acids is 1. The van der Waals surface area contributed by atoms with Crippen molar-refractivity contribution in [2.24, 2.45) is 0 Å². The first-order valence-electron chi connectivity index (χ1n) is 5.42. The Morgan fingerprint density at radius 2 is 1.62 bits per heavy atom. The number of fused-ring (bicyclic) bond motifs is 5.